The molecule has 36 heavy (non-hydrogen) atoms. The Balaban J connectivity index is 1.80. The van der Waals surface area contributed by atoms with E-state index in [1.165, 1.54) is 16.0 Å². The fourth-order valence-corrected chi connectivity index (χ4v) is 4.52. The van der Waals surface area contributed by atoms with Gasteiger partial charge in [-0.1, -0.05) is 20.8 Å². The van der Waals surface area contributed by atoms with Crippen molar-refractivity contribution in [2.24, 2.45) is 0 Å². The van der Waals surface area contributed by atoms with E-state index in [4.69, 9.17) is 15.2 Å². The van der Waals surface area contributed by atoms with Crippen LogP contribution >= 0.6 is 0 Å². The van der Waals surface area contributed by atoms with E-state index in [1.807, 2.05) is 20.8 Å². The van der Waals surface area contributed by atoms with Crippen molar-refractivity contribution in [2.45, 2.75) is 45.8 Å². The van der Waals surface area contributed by atoms with Crippen molar-refractivity contribution in [1.29, 1.82) is 0 Å². The lowest BCUT2D eigenvalue weighted by Gasteiger charge is -2.33. The van der Waals surface area contributed by atoms with Crippen molar-refractivity contribution < 1.29 is 31.8 Å². The number of fused-ring (bicyclic) bond motifs is 1. The van der Waals surface area contributed by atoms with Crippen LogP contribution in [0, 0.1) is 6.92 Å². The zero-order valence-corrected chi connectivity index (χ0v) is 21.1. The second-order valence-electron chi connectivity index (χ2n) is 9.94. The van der Waals surface area contributed by atoms with Crippen molar-refractivity contribution in [3.05, 3.63) is 46.6 Å². The molecule has 0 bridgehead atoms. The molecule has 2 aromatic heterocycles. The summed E-state index contributed by atoms with van der Waals surface area (Å²) < 4.78 is 54.2. The predicted octanol–water partition coefficient (Wildman–Crippen LogP) is 3.56. The van der Waals surface area contributed by atoms with Crippen LogP contribution in [0.25, 0.3) is 5.65 Å². The first kappa shape index (κ1) is 25.7. The number of ether oxygens (including phenoxy) is 2. The number of anilines is 2. The number of aromatic nitrogens is 3. The summed E-state index contributed by atoms with van der Waals surface area (Å²) in [7, 11) is 1.60. The summed E-state index contributed by atoms with van der Waals surface area (Å²) in [6, 6.07) is 5.53. The third kappa shape index (κ3) is 4.84. The highest BCUT2D eigenvalue weighted by atomic mass is 19.4. The first-order chi connectivity index (χ1) is 16.8. The minimum Gasteiger partial charge on any atom is -0.494 e. The van der Waals surface area contributed by atoms with Crippen molar-refractivity contribution in [1.82, 2.24) is 9.78 Å². The number of hydrogen-bond acceptors (Lipinski definition) is 6. The molecule has 0 atom stereocenters. The number of Topliss-reactive ketones (excluding diaryl/α,β-unsaturated/α-hetero) is 1. The van der Waals surface area contributed by atoms with Crippen LogP contribution in [0.1, 0.15) is 48.0 Å². The number of ketones is 1. The Morgan fingerprint density at radius 2 is 1.83 bits per heavy atom. The molecule has 0 saturated carbocycles. The molecular formula is C25H31F3N5O3+. The predicted molar refractivity (Wildman–Crippen MR) is 129 cm³/mol. The van der Waals surface area contributed by atoms with Crippen LogP contribution in [0.15, 0.2) is 24.3 Å². The zero-order valence-electron chi connectivity index (χ0n) is 21.1. The number of rotatable bonds is 5. The van der Waals surface area contributed by atoms with E-state index in [0.717, 1.165) is 23.4 Å². The molecule has 1 saturated heterocycles. The topological polar surface area (TPSA) is 86.7 Å². The maximum Gasteiger partial charge on any atom is 0.416 e. The fourth-order valence-electron chi connectivity index (χ4n) is 4.52. The number of nitrogen functional groups attached to an aromatic ring is 1. The first-order valence-corrected chi connectivity index (χ1v) is 11.7. The summed E-state index contributed by atoms with van der Waals surface area (Å²) in [5.41, 5.74) is 7.24. The van der Waals surface area contributed by atoms with E-state index in [0.29, 0.717) is 37.6 Å². The molecule has 1 fully saturated rings. The zero-order chi connectivity index (χ0) is 26.4. The van der Waals surface area contributed by atoms with E-state index < -0.39 is 11.7 Å². The lowest BCUT2D eigenvalue weighted by atomic mass is 9.84. The fraction of sp³-hybridized carbons (Fsp3) is 0.480. The van der Waals surface area contributed by atoms with Gasteiger partial charge >= 0.3 is 12.1 Å². The molecule has 0 radical (unpaired) electrons. The summed E-state index contributed by atoms with van der Waals surface area (Å²) in [5, 5.41) is 4.17. The van der Waals surface area contributed by atoms with Crippen LogP contribution in [-0.4, -0.2) is 49.0 Å². The number of morpholine rings is 1. The Morgan fingerprint density at radius 3 is 2.42 bits per heavy atom. The Bertz CT molecular complexity index is 1310. The first-order valence-electron chi connectivity index (χ1n) is 11.7. The molecule has 2 N–H and O–H groups in total. The maximum absolute atomic E-state index is 13.5. The van der Waals surface area contributed by atoms with Gasteiger partial charge in [0.1, 0.15) is 5.75 Å². The molecule has 1 aliphatic heterocycles. The molecular weight excluding hydrogens is 475 g/mol. The number of carbonyl (C=O) groups is 1. The van der Waals surface area contributed by atoms with E-state index in [-0.39, 0.29) is 35.0 Å². The molecule has 0 unspecified atom stereocenters. The van der Waals surface area contributed by atoms with Crippen molar-refractivity contribution in [2.75, 3.05) is 44.0 Å². The molecule has 4 rings (SSSR count). The van der Waals surface area contributed by atoms with Crippen molar-refractivity contribution >= 4 is 23.1 Å². The average Bonchev–Trinajstić information content (AvgIpc) is 3.13. The summed E-state index contributed by atoms with van der Waals surface area (Å²) in [6.07, 6.45) is -4.54. The largest absolute Gasteiger partial charge is 0.494 e. The van der Waals surface area contributed by atoms with Gasteiger partial charge in [-0.3, -0.25) is 4.79 Å². The summed E-state index contributed by atoms with van der Waals surface area (Å²) in [6.45, 7) is 9.74. The van der Waals surface area contributed by atoms with Gasteiger partial charge in [0, 0.05) is 35.4 Å². The van der Waals surface area contributed by atoms with Gasteiger partial charge in [0.2, 0.25) is 5.65 Å². The third-order valence-electron chi connectivity index (χ3n) is 6.32. The lowest BCUT2D eigenvalue weighted by molar-refractivity contribution is -0.504. The standard InChI is InChI=1S/C25H31F3N5O3/c1-15-10-17(25(26,27)28)13-21-32(30-23(29)33(15)21)14-20(34)16-11-18(24(2,3)4)22(35-5)19(12-16)31-6-8-36-9-7-31/h10-13H,6-9,14H2,1-5H3,(H2,29,30)/q+1. The number of pyridine rings is 1. The maximum atomic E-state index is 13.5. The van der Waals surface area contributed by atoms with Crippen LogP contribution in [-0.2, 0) is 22.9 Å². The SMILES string of the molecule is COc1c(N2CCOCC2)cc(C(=O)Cn2nc(N)[n+]3c(C)cc(C(F)(F)F)cc23)cc1C(C)(C)C. The van der Waals surface area contributed by atoms with Gasteiger partial charge in [-0.25, -0.2) is 0 Å². The van der Waals surface area contributed by atoms with Crippen LogP contribution in [0.5, 0.6) is 5.75 Å². The second kappa shape index (κ2) is 9.27. The Morgan fingerprint density at radius 1 is 1.17 bits per heavy atom. The molecule has 0 aliphatic carbocycles. The number of nitrogens with two attached hydrogens (primary N) is 1. The van der Waals surface area contributed by atoms with Gasteiger partial charge in [0.05, 0.1) is 37.3 Å². The number of carbonyl (C=O) groups excluding carboxylic acids is 1. The number of hydrogen-bond donors (Lipinski definition) is 1. The van der Waals surface area contributed by atoms with E-state index >= 15 is 0 Å². The molecule has 8 nitrogen and oxygen atoms in total. The number of benzene rings is 1. The molecule has 11 heteroatoms. The average molecular weight is 507 g/mol. The molecule has 1 aromatic carbocycles. The van der Waals surface area contributed by atoms with Crippen LogP contribution in [0.4, 0.5) is 24.8 Å². The van der Waals surface area contributed by atoms with Gasteiger partial charge in [0.15, 0.2) is 12.3 Å². The molecule has 194 valence electrons. The molecule has 3 heterocycles. The summed E-state index contributed by atoms with van der Waals surface area (Å²) in [4.78, 5) is 15.6. The monoisotopic (exact) mass is 506 g/mol. The highest BCUT2D eigenvalue weighted by Gasteiger charge is 2.34. The van der Waals surface area contributed by atoms with Crippen molar-refractivity contribution in [3.63, 3.8) is 0 Å². The lowest BCUT2D eigenvalue weighted by Crippen LogP contribution is -2.37. The smallest absolute Gasteiger partial charge is 0.416 e. The Hall–Kier alpha value is -3.34. The van der Waals surface area contributed by atoms with Gasteiger partial charge in [0.25, 0.3) is 0 Å². The normalized spacial score (nSPS) is 14.9. The van der Waals surface area contributed by atoms with E-state index in [9.17, 15) is 18.0 Å². The number of aryl methyl sites for hydroxylation is 1. The summed E-state index contributed by atoms with van der Waals surface area (Å²) >= 11 is 0. The van der Waals surface area contributed by atoms with E-state index in [1.54, 1.807) is 19.2 Å². The number of nitrogens with zero attached hydrogens (tertiary/aromatic N) is 4. The number of alkyl halides is 3. The molecule has 0 amide bonds. The minimum atomic E-state index is -4.54. The molecule has 3 aromatic rings. The second-order valence-corrected chi connectivity index (χ2v) is 9.94. The van der Waals surface area contributed by atoms with Crippen LogP contribution in [0.3, 0.4) is 0 Å². The highest BCUT2D eigenvalue weighted by molar-refractivity contribution is 5.98. The van der Waals surface area contributed by atoms with Crippen molar-refractivity contribution in [3.8, 4) is 5.75 Å². The highest BCUT2D eigenvalue weighted by Crippen LogP contribution is 2.40. The Labute approximate surface area is 207 Å². The third-order valence-corrected chi connectivity index (χ3v) is 6.32. The van der Waals surface area contributed by atoms with Crippen LogP contribution < -0.4 is 19.8 Å². The van der Waals surface area contributed by atoms with Gasteiger partial charge in [-0.2, -0.15) is 17.6 Å². The van der Waals surface area contributed by atoms with Gasteiger partial charge in [-0.15, -0.1) is 4.68 Å². The molecule has 1 aliphatic rings. The quantitative estimate of drug-likeness (QED) is 0.421. The molecule has 0 spiro atoms. The van der Waals surface area contributed by atoms with E-state index in [2.05, 4.69) is 10.00 Å². The van der Waals surface area contributed by atoms with Crippen LogP contribution in [0.2, 0.25) is 0 Å². The number of methoxy groups -OCH3 is 1. The van der Waals surface area contributed by atoms with Gasteiger partial charge < -0.3 is 20.1 Å². The van der Waals surface area contributed by atoms with Gasteiger partial charge in [-0.05, 0) is 30.5 Å². The Kier molecular flexibility index (Phi) is 6.63. The minimum absolute atomic E-state index is 0.00291. The number of halogens is 3. The summed E-state index contributed by atoms with van der Waals surface area (Å²) in [5.74, 6) is 0.386.